The Bertz CT molecular complexity index is 2050. The molecule has 12 heteroatoms. The van der Waals surface area contributed by atoms with Crippen molar-refractivity contribution in [1.82, 2.24) is 9.47 Å². The van der Waals surface area contributed by atoms with E-state index in [2.05, 4.69) is 15.9 Å². The van der Waals surface area contributed by atoms with Gasteiger partial charge in [-0.25, -0.2) is 0 Å². The van der Waals surface area contributed by atoms with Gasteiger partial charge in [-0.05, 0) is 78.7 Å². The minimum atomic E-state index is -3.52. The van der Waals surface area contributed by atoms with Crippen LogP contribution in [-0.4, -0.2) is 60.7 Å². The Labute approximate surface area is 305 Å². The molecule has 5 atom stereocenters. The molecule has 3 aliphatic rings. The molecule has 1 fully saturated rings. The molecule has 0 radical (unpaired) electrons. The molecule has 4 aromatic rings. The van der Waals surface area contributed by atoms with Gasteiger partial charge in [-0.1, -0.05) is 59.3 Å². The highest BCUT2D eigenvalue weighted by Crippen LogP contribution is 2.60. The Balaban J connectivity index is 1.20. The minimum absolute atomic E-state index is 0.0997. The molecule has 1 aromatic heterocycles. The van der Waals surface area contributed by atoms with Crippen LogP contribution in [0.4, 0.5) is 9.80 Å². The number of aliphatic hydroxyl groups excluding tert-OH is 1. The average molecular weight is 775 g/mol. The Hall–Kier alpha value is -4.10. The standard InChI is InChI=1S/C39H41BrFN3O6Si/c1-24-36(51(3,4)41)34(20-35(46)43-22-27-9-6-5-8-26(27)18-30(43)23-45)50-39(24)31-19-28(40)13-16-32(31)44(38(39)48)21-25-11-14-29(15-12-25)42-17-7-10-33(49-2)37(42)47/h5-17,19,24,30,34,36,45H,18,20-23H2,1-4H3/t24-,30+,34+,36-,39+/m1/s1. The molecule has 1 N–H and O–H groups in total. The van der Waals surface area contributed by atoms with Crippen LogP contribution >= 0.6 is 15.9 Å². The number of halogens is 2. The van der Waals surface area contributed by atoms with Gasteiger partial charge >= 0.3 is 0 Å². The summed E-state index contributed by atoms with van der Waals surface area (Å²) in [6.07, 6.45) is 1.26. The molecule has 0 unspecified atom stereocenters. The van der Waals surface area contributed by atoms with Crippen molar-refractivity contribution in [3.05, 3.63) is 122 Å². The fourth-order valence-corrected chi connectivity index (χ4v) is 11.3. The quantitative estimate of drug-likeness (QED) is 0.168. The van der Waals surface area contributed by atoms with E-state index in [1.165, 1.54) is 11.7 Å². The summed E-state index contributed by atoms with van der Waals surface area (Å²) in [4.78, 5) is 45.1. The largest absolute Gasteiger partial charge is 0.491 e. The Kier molecular flexibility index (Phi) is 9.32. The van der Waals surface area contributed by atoms with E-state index in [4.69, 9.17) is 9.47 Å². The summed E-state index contributed by atoms with van der Waals surface area (Å²) in [5, 5.41) is 10.3. The molecule has 7 rings (SSSR count). The van der Waals surface area contributed by atoms with E-state index in [9.17, 15) is 19.5 Å². The van der Waals surface area contributed by atoms with Gasteiger partial charge in [-0.3, -0.25) is 19.0 Å². The third-order valence-electron chi connectivity index (χ3n) is 10.9. The third kappa shape index (κ3) is 6.05. The summed E-state index contributed by atoms with van der Waals surface area (Å²) in [5.74, 6) is -0.858. The number of hydrogen-bond donors (Lipinski definition) is 1. The maximum Gasteiger partial charge on any atom is 0.297 e. The van der Waals surface area contributed by atoms with E-state index in [1.54, 1.807) is 41.2 Å². The van der Waals surface area contributed by atoms with Crippen LogP contribution in [0.15, 0.2) is 94.3 Å². The third-order valence-corrected chi connectivity index (χ3v) is 13.8. The highest BCUT2D eigenvalue weighted by Gasteiger charge is 2.67. The number of nitrogens with zero attached hydrogens (tertiary/aromatic N) is 3. The molecule has 0 aliphatic carbocycles. The van der Waals surface area contributed by atoms with Gasteiger partial charge in [-0.15, -0.1) is 0 Å². The molecule has 3 aliphatic heterocycles. The molecule has 2 amide bonds. The molecule has 1 saturated heterocycles. The summed E-state index contributed by atoms with van der Waals surface area (Å²) < 4.78 is 30.8. The molecule has 3 aromatic carbocycles. The summed E-state index contributed by atoms with van der Waals surface area (Å²) >= 11 is 3.59. The van der Waals surface area contributed by atoms with Gasteiger partial charge in [0.2, 0.25) is 14.3 Å². The van der Waals surface area contributed by atoms with Crippen molar-refractivity contribution >= 4 is 41.8 Å². The second kappa shape index (κ2) is 13.5. The van der Waals surface area contributed by atoms with Crippen LogP contribution in [0, 0.1) is 5.92 Å². The number of carbonyl (C=O) groups is 2. The van der Waals surface area contributed by atoms with Crippen LogP contribution < -0.4 is 15.2 Å². The zero-order valence-corrected chi connectivity index (χ0v) is 31.6. The number of benzene rings is 3. The fraction of sp³-hybridized carbons (Fsp3) is 0.359. The second-order valence-corrected chi connectivity index (χ2v) is 19.0. The van der Waals surface area contributed by atoms with Gasteiger partial charge in [0.05, 0.1) is 44.5 Å². The van der Waals surface area contributed by atoms with E-state index in [0.717, 1.165) is 21.2 Å². The van der Waals surface area contributed by atoms with Crippen molar-refractivity contribution < 1.29 is 28.3 Å². The van der Waals surface area contributed by atoms with Crippen LogP contribution in [0.5, 0.6) is 5.75 Å². The van der Waals surface area contributed by atoms with E-state index < -0.39 is 37.6 Å². The van der Waals surface area contributed by atoms with Crippen molar-refractivity contribution in [3.8, 4) is 11.4 Å². The Morgan fingerprint density at radius 2 is 1.78 bits per heavy atom. The molecule has 1 spiro atoms. The molecule has 0 bridgehead atoms. The van der Waals surface area contributed by atoms with Crippen LogP contribution in [-0.2, 0) is 39.4 Å². The number of aromatic nitrogens is 1. The first-order valence-electron chi connectivity index (χ1n) is 17.2. The monoisotopic (exact) mass is 773 g/mol. The number of amides is 2. The maximum atomic E-state index is 16.5. The lowest BCUT2D eigenvalue weighted by Crippen LogP contribution is -2.48. The summed E-state index contributed by atoms with van der Waals surface area (Å²) in [5.41, 5.74) is 2.48. The SMILES string of the molecule is COc1cccn(-c2ccc(CN3C(=O)[C@@]4(O[C@@H](CC(=O)N5Cc6ccccc6C[C@H]5CO)[C@H]([Si](C)(C)F)[C@H]4C)c4cc(Br)ccc43)cc2)c1=O. The van der Waals surface area contributed by atoms with Crippen molar-refractivity contribution in [2.75, 3.05) is 18.6 Å². The predicted octanol–water partition coefficient (Wildman–Crippen LogP) is 6.27. The first-order chi connectivity index (χ1) is 24.4. The molecular weight excluding hydrogens is 733 g/mol. The first-order valence-corrected chi connectivity index (χ1v) is 20.9. The fourth-order valence-electron chi connectivity index (χ4n) is 8.49. The molecule has 51 heavy (non-hydrogen) atoms. The van der Waals surface area contributed by atoms with Crippen molar-refractivity contribution in [3.63, 3.8) is 0 Å². The van der Waals surface area contributed by atoms with Gasteiger partial charge < -0.3 is 28.5 Å². The summed E-state index contributed by atoms with van der Waals surface area (Å²) in [7, 11) is -2.07. The van der Waals surface area contributed by atoms with Crippen LogP contribution in [0.3, 0.4) is 0 Å². The highest BCUT2D eigenvalue weighted by molar-refractivity contribution is 9.10. The van der Waals surface area contributed by atoms with Crippen molar-refractivity contribution in [2.45, 2.75) is 69.2 Å². The molecule has 266 valence electrons. The number of hydrogen-bond acceptors (Lipinski definition) is 6. The van der Waals surface area contributed by atoms with E-state index in [0.29, 0.717) is 29.9 Å². The molecular formula is C39H41BrFN3O6Si. The van der Waals surface area contributed by atoms with E-state index in [1.807, 2.05) is 73.7 Å². The van der Waals surface area contributed by atoms with Gasteiger partial charge in [0.1, 0.15) is 0 Å². The van der Waals surface area contributed by atoms with E-state index >= 15 is 4.11 Å². The minimum Gasteiger partial charge on any atom is -0.491 e. The van der Waals surface area contributed by atoms with Gasteiger partial charge in [0, 0.05) is 39.9 Å². The highest BCUT2D eigenvalue weighted by atomic mass is 79.9. The average Bonchev–Trinajstić information content (AvgIpc) is 3.53. The normalized spacial score (nSPS) is 24.2. The summed E-state index contributed by atoms with van der Waals surface area (Å²) in [6, 6.07) is 23.8. The number of pyridine rings is 1. The number of anilines is 1. The maximum absolute atomic E-state index is 16.5. The van der Waals surface area contributed by atoms with Crippen LogP contribution in [0.25, 0.3) is 5.69 Å². The Morgan fingerprint density at radius 3 is 2.47 bits per heavy atom. The van der Waals surface area contributed by atoms with Gasteiger partial charge in [0.15, 0.2) is 11.4 Å². The van der Waals surface area contributed by atoms with Crippen molar-refractivity contribution in [2.24, 2.45) is 5.92 Å². The van der Waals surface area contributed by atoms with Crippen LogP contribution in [0.1, 0.15) is 35.6 Å². The number of methoxy groups -OCH3 is 1. The van der Waals surface area contributed by atoms with Gasteiger partial charge in [-0.2, -0.15) is 0 Å². The van der Waals surface area contributed by atoms with E-state index in [-0.39, 0.29) is 42.7 Å². The number of rotatable bonds is 8. The lowest BCUT2D eigenvalue weighted by molar-refractivity contribution is -0.151. The Morgan fingerprint density at radius 1 is 1.06 bits per heavy atom. The number of fused-ring (bicyclic) bond motifs is 3. The lowest BCUT2D eigenvalue weighted by atomic mass is 9.82. The zero-order chi connectivity index (χ0) is 36.2. The predicted molar refractivity (Wildman–Crippen MR) is 198 cm³/mol. The number of aliphatic hydroxyl groups is 1. The molecule has 4 heterocycles. The lowest BCUT2D eigenvalue weighted by Gasteiger charge is -2.37. The molecule has 9 nitrogen and oxygen atoms in total. The topological polar surface area (TPSA) is 101 Å². The van der Waals surface area contributed by atoms with Crippen molar-refractivity contribution in [1.29, 1.82) is 0 Å². The van der Waals surface area contributed by atoms with Crippen LogP contribution in [0.2, 0.25) is 18.6 Å². The number of ether oxygens (including phenoxy) is 2. The second-order valence-electron chi connectivity index (χ2n) is 14.3. The smallest absolute Gasteiger partial charge is 0.297 e. The first kappa shape index (κ1) is 35.3. The number of carbonyl (C=O) groups excluding carboxylic acids is 2. The summed E-state index contributed by atoms with van der Waals surface area (Å²) in [6.45, 7) is 5.50. The van der Waals surface area contributed by atoms with Gasteiger partial charge in [0.25, 0.3) is 11.5 Å². The zero-order valence-electron chi connectivity index (χ0n) is 29.0. The molecule has 0 saturated carbocycles.